The van der Waals surface area contributed by atoms with Crippen LogP contribution in [0.25, 0.3) is 0 Å². The Morgan fingerprint density at radius 2 is 1.89 bits per heavy atom. The molecule has 1 aromatic heterocycles. The predicted molar refractivity (Wildman–Crippen MR) is 148 cm³/mol. The van der Waals surface area contributed by atoms with Gasteiger partial charge in [-0.3, -0.25) is 4.79 Å². The van der Waals surface area contributed by atoms with E-state index in [1.54, 1.807) is 36.5 Å². The van der Waals surface area contributed by atoms with Gasteiger partial charge >= 0.3 is 6.09 Å². The second kappa shape index (κ2) is 13.1. The maximum Gasteiger partial charge on any atom is 0.407 e. The summed E-state index contributed by atoms with van der Waals surface area (Å²) in [7, 11) is 0. The zero-order chi connectivity index (χ0) is 27.5. The SMILES string of the molecule is C=CCOc1ccc(C)c(Nc2ccnc(Nc3cccc(C(=O)NCCOC(=O)NC(C)(C)C)c3)n2)c1. The van der Waals surface area contributed by atoms with E-state index in [9.17, 15) is 9.59 Å². The lowest BCUT2D eigenvalue weighted by Gasteiger charge is -2.19. The molecule has 38 heavy (non-hydrogen) atoms. The first-order valence-electron chi connectivity index (χ1n) is 12.2. The Hall–Kier alpha value is -4.60. The summed E-state index contributed by atoms with van der Waals surface area (Å²) in [6.07, 6.45) is 2.80. The molecule has 0 bridgehead atoms. The minimum atomic E-state index is -0.529. The molecule has 10 heteroatoms. The number of hydrogen-bond donors (Lipinski definition) is 4. The van der Waals surface area contributed by atoms with E-state index in [4.69, 9.17) is 9.47 Å². The summed E-state index contributed by atoms with van der Waals surface area (Å²) < 4.78 is 10.7. The van der Waals surface area contributed by atoms with E-state index in [1.807, 2.05) is 52.0 Å². The fourth-order valence-electron chi connectivity index (χ4n) is 3.23. The number of nitrogens with one attached hydrogen (secondary N) is 4. The van der Waals surface area contributed by atoms with Gasteiger partial charge in [0, 0.05) is 34.7 Å². The molecule has 2 aromatic carbocycles. The third-order valence-corrected chi connectivity index (χ3v) is 4.97. The standard InChI is InChI=1S/C28H34N6O4/c1-6-15-37-22-11-10-19(2)23(18-22)32-24-12-13-30-26(33-24)31-21-9-7-8-20(17-21)25(35)29-14-16-38-27(36)34-28(3,4)5/h6-13,17-18H,1,14-16H2,2-5H3,(H,29,35)(H,34,36)(H2,30,31,32,33). The highest BCUT2D eigenvalue weighted by molar-refractivity contribution is 5.95. The van der Waals surface area contributed by atoms with Crippen molar-refractivity contribution < 1.29 is 19.1 Å². The molecule has 0 atom stereocenters. The molecule has 4 N–H and O–H groups in total. The molecule has 3 aromatic rings. The normalized spacial score (nSPS) is 10.7. The van der Waals surface area contributed by atoms with Crippen LogP contribution in [0.5, 0.6) is 5.75 Å². The first-order valence-corrected chi connectivity index (χ1v) is 12.2. The number of aromatic nitrogens is 2. The predicted octanol–water partition coefficient (Wildman–Crippen LogP) is 5.09. The fourth-order valence-corrected chi connectivity index (χ4v) is 3.23. The second-order valence-electron chi connectivity index (χ2n) is 9.44. The van der Waals surface area contributed by atoms with Gasteiger partial charge in [0.2, 0.25) is 5.95 Å². The lowest BCUT2D eigenvalue weighted by Crippen LogP contribution is -2.41. The quantitative estimate of drug-likeness (QED) is 0.204. The number of hydrogen-bond acceptors (Lipinski definition) is 8. The van der Waals surface area contributed by atoms with Crippen LogP contribution in [-0.4, -0.2) is 47.3 Å². The van der Waals surface area contributed by atoms with Gasteiger partial charge in [-0.1, -0.05) is 24.8 Å². The van der Waals surface area contributed by atoms with Crippen LogP contribution >= 0.6 is 0 Å². The van der Waals surface area contributed by atoms with Gasteiger partial charge in [-0.15, -0.1) is 0 Å². The number of aryl methyl sites for hydroxylation is 1. The molecule has 0 fully saturated rings. The maximum atomic E-state index is 12.6. The molecular formula is C28H34N6O4. The van der Waals surface area contributed by atoms with E-state index in [1.165, 1.54) is 0 Å². The Labute approximate surface area is 222 Å². The molecule has 0 aliphatic heterocycles. The van der Waals surface area contributed by atoms with Crippen molar-refractivity contribution in [1.82, 2.24) is 20.6 Å². The van der Waals surface area contributed by atoms with E-state index in [0.717, 1.165) is 17.0 Å². The van der Waals surface area contributed by atoms with Crippen LogP contribution in [0.2, 0.25) is 0 Å². The highest BCUT2D eigenvalue weighted by Gasteiger charge is 2.14. The highest BCUT2D eigenvalue weighted by Crippen LogP contribution is 2.25. The molecule has 0 aliphatic rings. The number of rotatable bonds is 11. The summed E-state index contributed by atoms with van der Waals surface area (Å²) >= 11 is 0. The molecular weight excluding hydrogens is 484 g/mol. The molecule has 0 radical (unpaired) electrons. The molecule has 3 rings (SSSR count). The number of anilines is 4. The number of carbonyl (C=O) groups excluding carboxylic acids is 2. The molecule has 10 nitrogen and oxygen atoms in total. The van der Waals surface area contributed by atoms with E-state index < -0.39 is 11.6 Å². The van der Waals surface area contributed by atoms with Crippen molar-refractivity contribution in [2.45, 2.75) is 33.2 Å². The Morgan fingerprint density at radius 1 is 1.08 bits per heavy atom. The van der Waals surface area contributed by atoms with E-state index in [-0.39, 0.29) is 19.1 Å². The van der Waals surface area contributed by atoms with Crippen LogP contribution in [0.1, 0.15) is 36.7 Å². The van der Waals surface area contributed by atoms with Crippen LogP contribution < -0.4 is 26.0 Å². The summed E-state index contributed by atoms with van der Waals surface area (Å²) in [5.41, 5.74) is 2.58. The van der Waals surface area contributed by atoms with Crippen molar-refractivity contribution in [3.63, 3.8) is 0 Å². The summed E-state index contributed by atoms with van der Waals surface area (Å²) in [5.74, 6) is 1.39. The van der Waals surface area contributed by atoms with E-state index in [2.05, 4.69) is 37.8 Å². The number of amides is 2. The average Bonchev–Trinajstić information content (AvgIpc) is 2.86. The minimum absolute atomic E-state index is 0.0575. The number of nitrogens with zero attached hydrogens (tertiary/aromatic N) is 2. The Balaban J connectivity index is 1.58. The van der Waals surface area contributed by atoms with Crippen molar-refractivity contribution in [2.75, 3.05) is 30.4 Å². The first-order chi connectivity index (χ1) is 18.1. The van der Waals surface area contributed by atoms with Gasteiger partial charge in [0.05, 0.1) is 6.54 Å². The van der Waals surface area contributed by atoms with Crippen molar-refractivity contribution in [3.8, 4) is 5.75 Å². The molecule has 0 unspecified atom stereocenters. The van der Waals surface area contributed by atoms with Gasteiger partial charge in [0.25, 0.3) is 5.91 Å². The van der Waals surface area contributed by atoms with E-state index >= 15 is 0 Å². The molecule has 0 saturated heterocycles. The summed E-state index contributed by atoms with van der Waals surface area (Å²) in [6.45, 7) is 11.9. The number of carbonyl (C=O) groups is 2. The first kappa shape index (κ1) is 28.0. The monoisotopic (exact) mass is 518 g/mol. The molecule has 0 spiro atoms. The Morgan fingerprint density at radius 3 is 2.66 bits per heavy atom. The molecule has 2 amide bonds. The number of ether oxygens (including phenoxy) is 2. The molecule has 200 valence electrons. The second-order valence-corrected chi connectivity index (χ2v) is 9.44. The van der Waals surface area contributed by atoms with Gasteiger partial charge < -0.3 is 30.7 Å². The van der Waals surface area contributed by atoms with Crippen molar-refractivity contribution >= 4 is 35.1 Å². The highest BCUT2D eigenvalue weighted by atomic mass is 16.5. The zero-order valence-corrected chi connectivity index (χ0v) is 22.1. The number of benzene rings is 2. The van der Waals surface area contributed by atoms with Crippen LogP contribution in [0.3, 0.4) is 0 Å². The fraction of sp³-hybridized carbons (Fsp3) is 0.286. The van der Waals surface area contributed by atoms with Crippen molar-refractivity contribution in [3.05, 3.63) is 78.5 Å². The van der Waals surface area contributed by atoms with Gasteiger partial charge in [-0.25, -0.2) is 9.78 Å². The summed E-state index contributed by atoms with van der Waals surface area (Å²) in [6, 6.07) is 14.5. The van der Waals surface area contributed by atoms with E-state index in [0.29, 0.717) is 29.6 Å². The smallest absolute Gasteiger partial charge is 0.407 e. The largest absolute Gasteiger partial charge is 0.489 e. The lowest BCUT2D eigenvalue weighted by molar-refractivity contribution is 0.0931. The maximum absolute atomic E-state index is 12.6. The van der Waals surface area contributed by atoms with Crippen molar-refractivity contribution in [1.29, 1.82) is 0 Å². The van der Waals surface area contributed by atoms with Gasteiger partial charge in [0.1, 0.15) is 24.8 Å². The average molecular weight is 519 g/mol. The molecule has 0 aliphatic carbocycles. The van der Waals surface area contributed by atoms with Crippen LogP contribution in [-0.2, 0) is 4.74 Å². The summed E-state index contributed by atoms with van der Waals surface area (Å²) in [4.78, 5) is 33.1. The summed E-state index contributed by atoms with van der Waals surface area (Å²) in [5, 5.41) is 11.9. The topological polar surface area (TPSA) is 127 Å². The van der Waals surface area contributed by atoms with Crippen molar-refractivity contribution in [2.24, 2.45) is 0 Å². The Bertz CT molecular complexity index is 1270. The number of alkyl carbamates (subject to hydrolysis) is 1. The van der Waals surface area contributed by atoms with Gasteiger partial charge in [0.15, 0.2) is 0 Å². The van der Waals surface area contributed by atoms with Crippen LogP contribution in [0.15, 0.2) is 67.4 Å². The molecule has 1 heterocycles. The van der Waals surface area contributed by atoms with Gasteiger partial charge in [-0.05, 0) is 63.6 Å². The van der Waals surface area contributed by atoms with Crippen LogP contribution in [0, 0.1) is 6.92 Å². The lowest BCUT2D eigenvalue weighted by atomic mass is 10.1. The Kier molecular flexibility index (Phi) is 9.64. The third kappa shape index (κ3) is 9.12. The third-order valence-electron chi connectivity index (χ3n) is 4.97. The minimum Gasteiger partial charge on any atom is -0.489 e. The van der Waals surface area contributed by atoms with Crippen LogP contribution in [0.4, 0.5) is 27.9 Å². The zero-order valence-electron chi connectivity index (χ0n) is 22.1. The molecule has 0 saturated carbocycles. The van der Waals surface area contributed by atoms with Gasteiger partial charge in [-0.2, -0.15) is 4.98 Å².